The first-order valence-corrected chi connectivity index (χ1v) is 7.89. The molecule has 0 radical (unpaired) electrons. The summed E-state index contributed by atoms with van der Waals surface area (Å²) < 4.78 is 0. The zero-order valence-corrected chi connectivity index (χ0v) is 13.2. The maximum absolute atomic E-state index is 3.51. The number of piperazine rings is 1. The Kier molecular flexibility index (Phi) is 5.86. The van der Waals surface area contributed by atoms with Gasteiger partial charge in [-0.2, -0.15) is 0 Å². The van der Waals surface area contributed by atoms with Crippen LogP contribution in [0.25, 0.3) is 0 Å². The van der Waals surface area contributed by atoms with Gasteiger partial charge in [-0.05, 0) is 25.0 Å². The van der Waals surface area contributed by atoms with Gasteiger partial charge in [-0.1, -0.05) is 31.5 Å². The van der Waals surface area contributed by atoms with Crippen molar-refractivity contribution in [2.45, 2.75) is 20.8 Å². The first kappa shape index (κ1) is 15.3. The topological polar surface area (TPSA) is 18.5 Å². The Morgan fingerprint density at radius 3 is 2.20 bits per heavy atom. The molecule has 0 amide bonds. The predicted octanol–water partition coefficient (Wildman–Crippen LogP) is 2.68. The fourth-order valence-corrected chi connectivity index (χ4v) is 2.74. The van der Waals surface area contributed by atoms with E-state index in [1.54, 1.807) is 0 Å². The molecule has 3 nitrogen and oxygen atoms in total. The molecule has 1 aliphatic rings. The van der Waals surface area contributed by atoms with Gasteiger partial charge in [0.15, 0.2) is 0 Å². The van der Waals surface area contributed by atoms with Gasteiger partial charge in [0.1, 0.15) is 0 Å². The first-order chi connectivity index (χ1) is 9.63. The second-order valence-electron chi connectivity index (χ2n) is 6.33. The summed E-state index contributed by atoms with van der Waals surface area (Å²) in [4.78, 5) is 5.16. The number of benzene rings is 1. The van der Waals surface area contributed by atoms with Gasteiger partial charge < -0.3 is 10.2 Å². The summed E-state index contributed by atoms with van der Waals surface area (Å²) in [5.74, 6) is 0.782. The van der Waals surface area contributed by atoms with E-state index in [1.807, 2.05) is 0 Å². The van der Waals surface area contributed by atoms with E-state index in [0.29, 0.717) is 0 Å². The van der Waals surface area contributed by atoms with Crippen LogP contribution in [0.4, 0.5) is 5.69 Å². The molecule has 1 saturated heterocycles. The summed E-state index contributed by atoms with van der Waals surface area (Å²) in [5, 5.41) is 3.51. The molecule has 0 unspecified atom stereocenters. The molecule has 1 fully saturated rings. The Morgan fingerprint density at radius 2 is 1.60 bits per heavy atom. The summed E-state index contributed by atoms with van der Waals surface area (Å²) >= 11 is 0. The molecule has 0 spiro atoms. The molecule has 1 aromatic rings. The van der Waals surface area contributed by atoms with E-state index >= 15 is 0 Å². The Hall–Kier alpha value is -1.06. The molecule has 0 aliphatic carbocycles. The molecule has 20 heavy (non-hydrogen) atoms. The van der Waals surface area contributed by atoms with Gasteiger partial charge in [-0.3, -0.25) is 4.90 Å². The molecule has 1 aliphatic heterocycles. The molecule has 0 atom stereocenters. The maximum atomic E-state index is 3.51. The van der Waals surface area contributed by atoms with E-state index in [0.717, 1.165) is 19.0 Å². The smallest absolute Gasteiger partial charge is 0.0340 e. The summed E-state index contributed by atoms with van der Waals surface area (Å²) in [6, 6.07) is 8.64. The normalized spacial score (nSPS) is 17.6. The molecule has 1 N–H and O–H groups in total. The summed E-state index contributed by atoms with van der Waals surface area (Å²) in [6.45, 7) is 15.0. The fourth-order valence-electron chi connectivity index (χ4n) is 2.74. The third-order valence-electron chi connectivity index (χ3n) is 3.90. The number of rotatable bonds is 6. The van der Waals surface area contributed by atoms with Crippen LogP contribution in [0.5, 0.6) is 0 Å². The highest BCUT2D eigenvalue weighted by Crippen LogP contribution is 2.09. The second kappa shape index (κ2) is 7.65. The van der Waals surface area contributed by atoms with E-state index in [9.17, 15) is 0 Å². The summed E-state index contributed by atoms with van der Waals surface area (Å²) in [5.41, 5.74) is 2.55. The van der Waals surface area contributed by atoms with Crippen molar-refractivity contribution in [3.8, 4) is 0 Å². The van der Waals surface area contributed by atoms with Crippen molar-refractivity contribution in [2.24, 2.45) is 5.92 Å². The number of nitrogens with one attached hydrogen (secondary N) is 1. The average Bonchev–Trinajstić information content (AvgIpc) is 2.42. The van der Waals surface area contributed by atoms with Gasteiger partial charge in [-0.15, -0.1) is 0 Å². The lowest BCUT2D eigenvalue weighted by Crippen LogP contribution is -2.48. The van der Waals surface area contributed by atoms with Crippen LogP contribution >= 0.6 is 0 Å². The second-order valence-corrected chi connectivity index (χ2v) is 6.33. The number of nitrogens with zero attached hydrogens (tertiary/aromatic N) is 2. The highest BCUT2D eigenvalue weighted by molar-refractivity contribution is 5.44. The van der Waals surface area contributed by atoms with E-state index in [-0.39, 0.29) is 0 Å². The van der Waals surface area contributed by atoms with E-state index < -0.39 is 0 Å². The number of aryl methyl sites for hydroxylation is 1. The largest absolute Gasteiger partial charge is 0.384 e. The van der Waals surface area contributed by atoms with Gasteiger partial charge >= 0.3 is 0 Å². The molecule has 0 saturated carbocycles. The zero-order valence-electron chi connectivity index (χ0n) is 13.2. The zero-order chi connectivity index (χ0) is 14.4. The summed E-state index contributed by atoms with van der Waals surface area (Å²) in [6.07, 6.45) is 0. The lowest BCUT2D eigenvalue weighted by molar-refractivity contribution is 0.125. The maximum Gasteiger partial charge on any atom is 0.0340 e. The van der Waals surface area contributed by atoms with Crippen LogP contribution in [-0.4, -0.2) is 55.6 Å². The van der Waals surface area contributed by atoms with E-state index in [4.69, 9.17) is 0 Å². The Labute approximate surface area is 124 Å². The molecule has 2 rings (SSSR count). The monoisotopic (exact) mass is 275 g/mol. The first-order valence-electron chi connectivity index (χ1n) is 7.89. The Bertz CT molecular complexity index is 378. The lowest BCUT2D eigenvalue weighted by Gasteiger charge is -2.35. The van der Waals surface area contributed by atoms with Crippen molar-refractivity contribution in [2.75, 3.05) is 51.1 Å². The van der Waals surface area contributed by atoms with Gasteiger partial charge in [-0.25, -0.2) is 0 Å². The van der Waals surface area contributed by atoms with Crippen LogP contribution in [0.15, 0.2) is 24.3 Å². The Morgan fingerprint density at radius 1 is 1.00 bits per heavy atom. The van der Waals surface area contributed by atoms with Crippen molar-refractivity contribution in [3.63, 3.8) is 0 Å². The van der Waals surface area contributed by atoms with Crippen molar-refractivity contribution in [1.82, 2.24) is 9.80 Å². The molecule has 0 aromatic heterocycles. The number of anilines is 1. The SMILES string of the molecule is Cc1ccc(NCCN2CCN(CC(C)C)CC2)cc1. The molecule has 1 heterocycles. The standard InChI is InChI=1S/C17H29N3/c1-15(2)14-20-12-10-19(11-13-20)9-8-18-17-6-4-16(3)5-7-17/h4-7,15,18H,8-14H2,1-3H3. The average molecular weight is 275 g/mol. The minimum absolute atomic E-state index is 0.782. The van der Waals surface area contributed by atoms with Crippen LogP contribution in [0.2, 0.25) is 0 Å². The van der Waals surface area contributed by atoms with Crippen LogP contribution in [0.3, 0.4) is 0 Å². The van der Waals surface area contributed by atoms with Crippen molar-refractivity contribution >= 4 is 5.69 Å². The van der Waals surface area contributed by atoms with Gasteiger partial charge in [0.2, 0.25) is 0 Å². The predicted molar refractivity (Wildman–Crippen MR) is 87.4 cm³/mol. The number of hydrogen-bond acceptors (Lipinski definition) is 3. The molecular weight excluding hydrogens is 246 g/mol. The van der Waals surface area contributed by atoms with Crippen molar-refractivity contribution in [1.29, 1.82) is 0 Å². The van der Waals surface area contributed by atoms with Crippen molar-refractivity contribution < 1.29 is 0 Å². The van der Waals surface area contributed by atoms with Crippen LogP contribution in [0, 0.1) is 12.8 Å². The van der Waals surface area contributed by atoms with Gasteiger partial charge in [0.05, 0.1) is 0 Å². The molecule has 112 valence electrons. The van der Waals surface area contributed by atoms with Gasteiger partial charge in [0.25, 0.3) is 0 Å². The third-order valence-corrected chi connectivity index (χ3v) is 3.90. The molecule has 0 bridgehead atoms. The van der Waals surface area contributed by atoms with E-state index in [2.05, 4.69) is 60.2 Å². The molecular formula is C17H29N3. The minimum atomic E-state index is 0.782. The van der Waals surface area contributed by atoms with Gasteiger partial charge in [0, 0.05) is 51.5 Å². The molecule has 3 heteroatoms. The fraction of sp³-hybridized carbons (Fsp3) is 0.647. The third kappa shape index (κ3) is 5.14. The number of hydrogen-bond donors (Lipinski definition) is 1. The summed E-state index contributed by atoms with van der Waals surface area (Å²) in [7, 11) is 0. The van der Waals surface area contributed by atoms with Crippen LogP contribution in [-0.2, 0) is 0 Å². The lowest BCUT2D eigenvalue weighted by atomic mass is 10.2. The van der Waals surface area contributed by atoms with Crippen LogP contribution < -0.4 is 5.32 Å². The van der Waals surface area contributed by atoms with E-state index in [1.165, 1.54) is 44.0 Å². The minimum Gasteiger partial charge on any atom is -0.384 e. The Balaban J connectivity index is 1.62. The van der Waals surface area contributed by atoms with Crippen molar-refractivity contribution in [3.05, 3.63) is 29.8 Å². The molecule has 1 aromatic carbocycles. The quantitative estimate of drug-likeness (QED) is 0.861. The van der Waals surface area contributed by atoms with Crippen LogP contribution in [0.1, 0.15) is 19.4 Å². The highest BCUT2D eigenvalue weighted by atomic mass is 15.3. The highest BCUT2D eigenvalue weighted by Gasteiger charge is 2.16.